The number of rotatable bonds is 9. The zero-order chi connectivity index (χ0) is 16.6. The minimum atomic E-state index is -1.88. The Morgan fingerprint density at radius 1 is 1.05 bits per heavy atom. The lowest BCUT2D eigenvalue weighted by molar-refractivity contribution is -0.148. The van der Waals surface area contributed by atoms with Crippen LogP contribution in [0, 0.1) is 0 Å². The summed E-state index contributed by atoms with van der Waals surface area (Å²) in [7, 11) is 0. The summed E-state index contributed by atoms with van der Waals surface area (Å²) in [6.07, 6.45) is -6.55. The van der Waals surface area contributed by atoms with Gasteiger partial charge < -0.3 is 36.2 Å². The Morgan fingerprint density at radius 3 is 2.10 bits per heavy atom. The van der Waals surface area contributed by atoms with E-state index in [1.165, 1.54) is 0 Å². The Kier molecular flexibility index (Phi) is 8.95. The molecule has 0 bridgehead atoms. The van der Waals surface area contributed by atoms with Crippen molar-refractivity contribution in [3.8, 4) is 0 Å². The molecule has 0 saturated carbocycles. The van der Waals surface area contributed by atoms with E-state index in [2.05, 4.69) is 10.6 Å². The third kappa shape index (κ3) is 8.30. The molecule has 7 N–H and O–H groups in total. The predicted molar refractivity (Wildman–Crippen MR) is 76.5 cm³/mol. The SMILES string of the molecule is CC(C)(C)NCCCNC(=O)[C@H](O)[C@@H](O)[C@H](O)[C@H](O)CO. The van der Waals surface area contributed by atoms with Crippen molar-refractivity contribution in [1.82, 2.24) is 10.6 Å². The number of nitrogens with one attached hydrogen (secondary N) is 2. The highest BCUT2D eigenvalue weighted by atomic mass is 16.4. The van der Waals surface area contributed by atoms with Crippen LogP contribution in [0.15, 0.2) is 0 Å². The lowest BCUT2D eigenvalue weighted by Gasteiger charge is -2.25. The van der Waals surface area contributed by atoms with Gasteiger partial charge in [-0.05, 0) is 33.7 Å². The topological polar surface area (TPSA) is 142 Å². The van der Waals surface area contributed by atoms with Crippen molar-refractivity contribution in [2.24, 2.45) is 0 Å². The molecule has 0 aromatic heterocycles. The van der Waals surface area contributed by atoms with Crippen LogP contribution in [-0.2, 0) is 4.79 Å². The average Bonchev–Trinajstić information content (AvgIpc) is 2.42. The summed E-state index contributed by atoms with van der Waals surface area (Å²) in [4.78, 5) is 11.6. The van der Waals surface area contributed by atoms with Crippen molar-refractivity contribution < 1.29 is 30.3 Å². The molecule has 1 amide bonds. The van der Waals surface area contributed by atoms with Crippen molar-refractivity contribution in [2.75, 3.05) is 19.7 Å². The van der Waals surface area contributed by atoms with Crippen LogP contribution in [0.1, 0.15) is 27.2 Å². The molecule has 4 atom stereocenters. The van der Waals surface area contributed by atoms with Crippen molar-refractivity contribution >= 4 is 5.91 Å². The van der Waals surface area contributed by atoms with E-state index in [4.69, 9.17) is 10.2 Å². The summed E-state index contributed by atoms with van der Waals surface area (Å²) in [5.74, 6) is -0.845. The largest absolute Gasteiger partial charge is 0.394 e. The maximum absolute atomic E-state index is 11.6. The standard InChI is InChI=1S/C13H28N2O6/c1-13(2,3)15-6-4-5-14-12(21)11(20)10(19)9(18)8(17)7-16/h8-11,15-20H,4-7H2,1-3H3,(H,14,21)/t8-,9-,10+,11-/m1/s1. The number of carbonyl (C=O) groups excluding carboxylic acids is 1. The second-order valence-electron chi connectivity index (χ2n) is 6.00. The normalized spacial score (nSPS) is 17.9. The van der Waals surface area contributed by atoms with Gasteiger partial charge in [-0.15, -0.1) is 0 Å². The zero-order valence-electron chi connectivity index (χ0n) is 12.8. The molecule has 0 rings (SSSR count). The van der Waals surface area contributed by atoms with Gasteiger partial charge in [0.15, 0.2) is 6.10 Å². The lowest BCUT2D eigenvalue weighted by atomic mass is 10.0. The summed E-state index contributed by atoms with van der Waals surface area (Å²) >= 11 is 0. The van der Waals surface area contributed by atoms with Gasteiger partial charge in [-0.1, -0.05) is 0 Å². The third-order valence-corrected chi connectivity index (χ3v) is 2.83. The fourth-order valence-electron chi connectivity index (χ4n) is 1.55. The molecular weight excluding hydrogens is 280 g/mol. The molecule has 0 fully saturated rings. The fraction of sp³-hybridized carbons (Fsp3) is 0.923. The van der Waals surface area contributed by atoms with Gasteiger partial charge in [-0.3, -0.25) is 4.79 Å². The number of aliphatic hydroxyl groups excluding tert-OH is 5. The molecule has 0 radical (unpaired) electrons. The van der Waals surface area contributed by atoms with E-state index in [0.29, 0.717) is 19.5 Å². The number of hydrogen-bond donors (Lipinski definition) is 7. The van der Waals surface area contributed by atoms with Gasteiger partial charge in [0, 0.05) is 12.1 Å². The van der Waals surface area contributed by atoms with E-state index < -0.39 is 36.9 Å². The molecule has 0 unspecified atom stereocenters. The van der Waals surface area contributed by atoms with Crippen LogP contribution in [-0.4, -0.2) is 81.1 Å². The maximum atomic E-state index is 11.6. The molecule has 0 aromatic carbocycles. The first-order chi connectivity index (χ1) is 9.60. The molecule has 0 heterocycles. The monoisotopic (exact) mass is 308 g/mol. The van der Waals surface area contributed by atoms with Gasteiger partial charge in [0.1, 0.15) is 18.3 Å². The van der Waals surface area contributed by atoms with Crippen molar-refractivity contribution in [3.05, 3.63) is 0 Å². The van der Waals surface area contributed by atoms with Crippen LogP contribution < -0.4 is 10.6 Å². The van der Waals surface area contributed by atoms with Gasteiger partial charge in [-0.25, -0.2) is 0 Å². The summed E-state index contributed by atoms with van der Waals surface area (Å²) in [5.41, 5.74) is -0.0236. The molecule has 21 heavy (non-hydrogen) atoms. The smallest absolute Gasteiger partial charge is 0.251 e. The molecule has 0 saturated heterocycles. The van der Waals surface area contributed by atoms with Crippen molar-refractivity contribution in [2.45, 2.75) is 57.1 Å². The highest BCUT2D eigenvalue weighted by Gasteiger charge is 2.33. The zero-order valence-corrected chi connectivity index (χ0v) is 12.8. The van der Waals surface area contributed by atoms with Crippen LogP contribution in [0.3, 0.4) is 0 Å². The van der Waals surface area contributed by atoms with E-state index in [1.807, 2.05) is 20.8 Å². The van der Waals surface area contributed by atoms with Gasteiger partial charge in [0.05, 0.1) is 6.61 Å². The number of aliphatic hydroxyl groups is 5. The molecule has 8 heteroatoms. The molecule has 0 aliphatic carbocycles. The van der Waals surface area contributed by atoms with Crippen LogP contribution in [0.2, 0.25) is 0 Å². The lowest BCUT2D eigenvalue weighted by Crippen LogP contribution is -2.51. The third-order valence-electron chi connectivity index (χ3n) is 2.83. The highest BCUT2D eigenvalue weighted by molar-refractivity contribution is 5.81. The van der Waals surface area contributed by atoms with E-state index >= 15 is 0 Å². The first kappa shape index (κ1) is 20.2. The quantitative estimate of drug-likeness (QED) is 0.230. The fourth-order valence-corrected chi connectivity index (χ4v) is 1.55. The Hall–Kier alpha value is -0.770. The Balaban J connectivity index is 4.05. The van der Waals surface area contributed by atoms with Gasteiger partial charge in [0.2, 0.25) is 0 Å². The minimum absolute atomic E-state index is 0.0236. The van der Waals surface area contributed by atoms with Gasteiger partial charge in [0.25, 0.3) is 5.91 Å². The van der Waals surface area contributed by atoms with E-state index in [9.17, 15) is 20.1 Å². The van der Waals surface area contributed by atoms with Gasteiger partial charge >= 0.3 is 0 Å². The number of hydrogen-bond acceptors (Lipinski definition) is 7. The predicted octanol–water partition coefficient (Wildman–Crippen LogP) is -2.68. The van der Waals surface area contributed by atoms with Crippen LogP contribution in [0.25, 0.3) is 0 Å². The van der Waals surface area contributed by atoms with Crippen molar-refractivity contribution in [1.29, 1.82) is 0 Å². The molecule has 0 spiro atoms. The van der Waals surface area contributed by atoms with E-state index in [1.54, 1.807) is 0 Å². The first-order valence-corrected chi connectivity index (χ1v) is 6.96. The Morgan fingerprint density at radius 2 is 1.62 bits per heavy atom. The molecule has 0 aliphatic rings. The Bertz CT molecular complexity index is 308. The number of amides is 1. The molecule has 8 nitrogen and oxygen atoms in total. The van der Waals surface area contributed by atoms with Crippen molar-refractivity contribution in [3.63, 3.8) is 0 Å². The van der Waals surface area contributed by atoms with Gasteiger partial charge in [-0.2, -0.15) is 0 Å². The molecular formula is C13H28N2O6. The minimum Gasteiger partial charge on any atom is -0.394 e. The Labute approximate surface area is 124 Å². The summed E-state index contributed by atoms with van der Waals surface area (Å²) in [5, 5.41) is 51.9. The number of carbonyl (C=O) groups is 1. The summed E-state index contributed by atoms with van der Waals surface area (Å²) in [6.45, 7) is 6.22. The van der Waals surface area contributed by atoms with Crippen LogP contribution in [0.4, 0.5) is 0 Å². The average molecular weight is 308 g/mol. The second kappa shape index (κ2) is 9.29. The second-order valence-corrected chi connectivity index (χ2v) is 6.00. The first-order valence-electron chi connectivity index (χ1n) is 6.96. The molecule has 126 valence electrons. The van der Waals surface area contributed by atoms with Crippen LogP contribution in [0.5, 0.6) is 0 Å². The molecule has 0 aliphatic heterocycles. The van der Waals surface area contributed by atoms with Crippen LogP contribution >= 0.6 is 0 Å². The summed E-state index contributed by atoms with van der Waals surface area (Å²) in [6, 6.07) is 0. The van der Waals surface area contributed by atoms with E-state index in [0.717, 1.165) is 0 Å². The maximum Gasteiger partial charge on any atom is 0.251 e. The molecule has 0 aromatic rings. The summed E-state index contributed by atoms with van der Waals surface area (Å²) < 4.78 is 0. The highest BCUT2D eigenvalue weighted by Crippen LogP contribution is 2.05. The van der Waals surface area contributed by atoms with E-state index in [-0.39, 0.29) is 5.54 Å².